The third-order valence-electron chi connectivity index (χ3n) is 5.45. The number of rotatable bonds is 5. The van der Waals surface area contributed by atoms with E-state index in [-0.39, 0.29) is 11.3 Å². The molecule has 1 aliphatic heterocycles. The fourth-order valence-electron chi connectivity index (χ4n) is 3.94. The summed E-state index contributed by atoms with van der Waals surface area (Å²) in [7, 11) is 0. The molecule has 1 aliphatic carbocycles. The van der Waals surface area contributed by atoms with Crippen molar-refractivity contribution < 1.29 is 9.90 Å². The van der Waals surface area contributed by atoms with Gasteiger partial charge in [0.15, 0.2) is 0 Å². The number of nitrogens with one attached hydrogen (secondary N) is 1. The lowest BCUT2D eigenvalue weighted by Crippen LogP contribution is -2.51. The molecule has 126 valence electrons. The number of thioether (sulfide) groups is 1. The zero-order chi connectivity index (χ0) is 16.2. The largest absolute Gasteiger partial charge is 0.380 e. The van der Waals surface area contributed by atoms with Crippen LogP contribution in [0.5, 0.6) is 0 Å². The lowest BCUT2D eigenvalue weighted by molar-refractivity contribution is -0.141. The van der Waals surface area contributed by atoms with E-state index >= 15 is 0 Å². The van der Waals surface area contributed by atoms with E-state index in [4.69, 9.17) is 0 Å². The molecule has 3 nitrogen and oxygen atoms in total. The molecule has 2 N–H and O–H groups in total. The Morgan fingerprint density at radius 1 is 1.09 bits per heavy atom. The van der Waals surface area contributed by atoms with Crippen molar-refractivity contribution in [2.75, 3.05) is 18.1 Å². The van der Waals surface area contributed by atoms with Crippen LogP contribution in [0.2, 0.25) is 0 Å². The number of benzene rings is 1. The summed E-state index contributed by atoms with van der Waals surface area (Å²) in [4.78, 5) is 12.5. The average Bonchev–Trinajstić information content (AvgIpc) is 3.03. The smallest absolute Gasteiger partial charge is 0.252 e. The number of carbonyl (C=O) groups excluding carboxylic acids is 1. The van der Waals surface area contributed by atoms with Crippen LogP contribution in [0.4, 0.5) is 0 Å². The normalized spacial score (nSPS) is 22.7. The summed E-state index contributed by atoms with van der Waals surface area (Å²) in [6, 6.07) is 10.6. The maximum absolute atomic E-state index is 12.5. The van der Waals surface area contributed by atoms with E-state index in [9.17, 15) is 9.90 Å². The maximum atomic E-state index is 12.5. The van der Waals surface area contributed by atoms with Crippen LogP contribution < -0.4 is 5.32 Å². The molecule has 2 fully saturated rings. The Kier molecular flexibility index (Phi) is 5.32. The summed E-state index contributed by atoms with van der Waals surface area (Å²) in [5.74, 6) is 1.59. The summed E-state index contributed by atoms with van der Waals surface area (Å²) >= 11 is 1.82. The van der Waals surface area contributed by atoms with Gasteiger partial charge in [0.25, 0.3) is 5.91 Å². The Bertz CT molecular complexity index is 519. The monoisotopic (exact) mass is 333 g/mol. The number of hydrogen-bond acceptors (Lipinski definition) is 3. The van der Waals surface area contributed by atoms with Gasteiger partial charge in [-0.3, -0.25) is 4.79 Å². The van der Waals surface area contributed by atoms with Crippen LogP contribution >= 0.6 is 11.8 Å². The Labute approximate surface area is 143 Å². The second-order valence-corrected chi connectivity index (χ2v) is 8.42. The van der Waals surface area contributed by atoms with Crippen molar-refractivity contribution in [3.63, 3.8) is 0 Å². The van der Waals surface area contributed by atoms with Gasteiger partial charge < -0.3 is 10.4 Å². The van der Waals surface area contributed by atoms with Gasteiger partial charge in [0.1, 0.15) is 5.60 Å². The predicted octanol–water partition coefficient (Wildman–Crippen LogP) is 3.16. The zero-order valence-electron chi connectivity index (χ0n) is 13.7. The van der Waals surface area contributed by atoms with Crippen molar-refractivity contribution >= 4 is 17.7 Å². The molecule has 1 aromatic carbocycles. The highest BCUT2D eigenvalue weighted by molar-refractivity contribution is 7.99. The molecule has 0 aromatic heterocycles. The molecule has 0 atom stereocenters. The molecule has 4 heteroatoms. The molecule has 23 heavy (non-hydrogen) atoms. The van der Waals surface area contributed by atoms with Crippen LogP contribution in [-0.4, -0.2) is 34.7 Å². The van der Waals surface area contributed by atoms with E-state index in [0.29, 0.717) is 19.4 Å². The Balaban J connectivity index is 1.62. The van der Waals surface area contributed by atoms with Crippen LogP contribution in [-0.2, 0) is 11.2 Å². The van der Waals surface area contributed by atoms with Crippen molar-refractivity contribution in [3.8, 4) is 0 Å². The molecule has 0 bridgehead atoms. The molecular formula is C19H27NO2S. The molecule has 1 heterocycles. The Hall–Kier alpha value is -1.00. The summed E-state index contributed by atoms with van der Waals surface area (Å²) in [6.45, 7) is 0.691. The zero-order valence-corrected chi connectivity index (χ0v) is 14.5. The molecule has 1 saturated carbocycles. The quantitative estimate of drug-likeness (QED) is 0.870. The van der Waals surface area contributed by atoms with Crippen molar-refractivity contribution in [1.82, 2.24) is 5.32 Å². The molecule has 0 radical (unpaired) electrons. The highest BCUT2D eigenvalue weighted by Gasteiger charge is 2.40. The summed E-state index contributed by atoms with van der Waals surface area (Å²) in [5.41, 5.74) is 0.366. The third-order valence-corrected chi connectivity index (χ3v) is 6.44. The van der Waals surface area contributed by atoms with Gasteiger partial charge in [0, 0.05) is 6.54 Å². The van der Waals surface area contributed by atoms with E-state index in [2.05, 4.69) is 29.6 Å². The molecule has 0 unspecified atom stereocenters. The first kappa shape index (κ1) is 16.8. The molecule has 1 amide bonds. The molecule has 2 aliphatic rings. The van der Waals surface area contributed by atoms with Crippen molar-refractivity contribution in [3.05, 3.63) is 35.9 Å². The van der Waals surface area contributed by atoms with Crippen LogP contribution in [0, 0.1) is 5.41 Å². The van der Waals surface area contributed by atoms with E-state index < -0.39 is 5.60 Å². The number of amides is 1. The first-order chi connectivity index (χ1) is 11.1. The summed E-state index contributed by atoms with van der Waals surface area (Å²) in [5, 5.41) is 13.7. The van der Waals surface area contributed by atoms with Crippen LogP contribution in [0.25, 0.3) is 0 Å². The van der Waals surface area contributed by atoms with Gasteiger partial charge in [-0.05, 0) is 54.6 Å². The van der Waals surface area contributed by atoms with Crippen LogP contribution in [0.15, 0.2) is 30.3 Å². The fourth-order valence-corrected chi connectivity index (χ4v) is 5.11. The summed E-state index contributed by atoms with van der Waals surface area (Å²) in [6.07, 6.45) is 6.98. The second kappa shape index (κ2) is 7.27. The van der Waals surface area contributed by atoms with Gasteiger partial charge in [-0.2, -0.15) is 11.8 Å². The van der Waals surface area contributed by atoms with Crippen molar-refractivity contribution in [1.29, 1.82) is 0 Å². The standard InChI is InChI=1S/C19H27NO2S/c21-17(19(22)10-12-23-13-11-19)20-15-18(8-4-5-9-18)14-16-6-2-1-3-7-16/h1-3,6-7,22H,4-5,8-15H2,(H,20,21). The fraction of sp³-hybridized carbons (Fsp3) is 0.632. The highest BCUT2D eigenvalue weighted by atomic mass is 32.2. The van der Waals surface area contributed by atoms with Gasteiger partial charge in [-0.15, -0.1) is 0 Å². The molecule has 1 aromatic rings. The van der Waals surface area contributed by atoms with Gasteiger partial charge in [0.2, 0.25) is 0 Å². The van der Waals surface area contributed by atoms with E-state index in [1.54, 1.807) is 0 Å². The maximum Gasteiger partial charge on any atom is 0.252 e. The Morgan fingerprint density at radius 3 is 2.39 bits per heavy atom. The number of hydrogen-bond donors (Lipinski definition) is 2. The van der Waals surface area contributed by atoms with Crippen LogP contribution in [0.3, 0.4) is 0 Å². The van der Waals surface area contributed by atoms with Gasteiger partial charge in [-0.1, -0.05) is 43.2 Å². The second-order valence-electron chi connectivity index (χ2n) is 7.20. The summed E-state index contributed by atoms with van der Waals surface area (Å²) < 4.78 is 0. The Morgan fingerprint density at radius 2 is 1.74 bits per heavy atom. The molecule has 0 spiro atoms. The van der Waals surface area contributed by atoms with E-state index in [0.717, 1.165) is 30.8 Å². The molecule has 1 saturated heterocycles. The lowest BCUT2D eigenvalue weighted by Gasteiger charge is -2.34. The van der Waals surface area contributed by atoms with Crippen molar-refractivity contribution in [2.24, 2.45) is 5.41 Å². The minimum atomic E-state index is -1.14. The van der Waals surface area contributed by atoms with Crippen molar-refractivity contribution in [2.45, 2.75) is 50.5 Å². The van der Waals surface area contributed by atoms with Gasteiger partial charge >= 0.3 is 0 Å². The number of carbonyl (C=O) groups is 1. The first-order valence-corrected chi connectivity index (χ1v) is 9.90. The van der Waals surface area contributed by atoms with E-state index in [1.807, 2.05) is 17.8 Å². The number of aliphatic hydroxyl groups is 1. The third kappa shape index (κ3) is 4.10. The highest BCUT2D eigenvalue weighted by Crippen LogP contribution is 2.40. The van der Waals surface area contributed by atoms with Crippen LogP contribution in [0.1, 0.15) is 44.1 Å². The molecule has 3 rings (SSSR count). The minimum Gasteiger partial charge on any atom is -0.380 e. The minimum absolute atomic E-state index is 0.155. The van der Waals surface area contributed by atoms with Gasteiger partial charge in [-0.25, -0.2) is 0 Å². The first-order valence-electron chi connectivity index (χ1n) is 8.74. The lowest BCUT2D eigenvalue weighted by atomic mass is 9.79. The molecular weight excluding hydrogens is 306 g/mol. The SMILES string of the molecule is O=C(NCC1(Cc2ccccc2)CCCC1)C1(O)CCSCC1. The predicted molar refractivity (Wildman–Crippen MR) is 95.6 cm³/mol. The average molecular weight is 333 g/mol. The van der Waals surface area contributed by atoms with E-state index in [1.165, 1.54) is 18.4 Å². The topological polar surface area (TPSA) is 49.3 Å². The van der Waals surface area contributed by atoms with Gasteiger partial charge in [0.05, 0.1) is 0 Å².